The van der Waals surface area contributed by atoms with E-state index in [2.05, 4.69) is 16.8 Å². The van der Waals surface area contributed by atoms with E-state index in [1.54, 1.807) is 25.3 Å². The summed E-state index contributed by atoms with van der Waals surface area (Å²) < 4.78 is 1.13. The van der Waals surface area contributed by atoms with Gasteiger partial charge in [0.05, 0.1) is 11.3 Å². The van der Waals surface area contributed by atoms with Gasteiger partial charge in [-0.3, -0.25) is 9.78 Å². The van der Waals surface area contributed by atoms with E-state index in [0.717, 1.165) is 21.1 Å². The summed E-state index contributed by atoms with van der Waals surface area (Å²) in [6.07, 6.45) is 3.11. The van der Waals surface area contributed by atoms with Gasteiger partial charge >= 0.3 is 0 Å². The van der Waals surface area contributed by atoms with Crippen LogP contribution < -0.4 is 4.42 Å². The number of carbonyl (C=O) groups excluding carboxylic acids is 1. The maximum absolute atomic E-state index is 12.6. The van der Waals surface area contributed by atoms with Crippen molar-refractivity contribution in [3.05, 3.63) is 84.2 Å². The van der Waals surface area contributed by atoms with Gasteiger partial charge in [0.1, 0.15) is 0 Å². The Hall–Kier alpha value is -3.09. The Morgan fingerprint density at radius 1 is 1.04 bits per heavy atom. The Morgan fingerprint density at radius 3 is 2.48 bits per heavy atom. The van der Waals surface area contributed by atoms with Gasteiger partial charge in [0, 0.05) is 35.3 Å². The lowest BCUT2D eigenvalue weighted by atomic mass is 10.0. The molecule has 0 spiro atoms. The summed E-state index contributed by atoms with van der Waals surface area (Å²) in [6, 6.07) is 18.7. The molecule has 0 aliphatic carbocycles. The maximum atomic E-state index is 12.6. The van der Waals surface area contributed by atoms with E-state index in [1.807, 2.05) is 48.5 Å². The number of benzene rings is 2. The highest BCUT2D eigenvalue weighted by Gasteiger charge is 2.19. The molecule has 1 heterocycles. The molecule has 25 heavy (non-hydrogen) atoms. The number of para-hydroxylation sites is 1. The smallest absolute Gasteiger partial charge is 0.267 e. The minimum Gasteiger partial charge on any atom is -0.267 e. The molecule has 1 aromatic heterocycles. The molecule has 4 heteroatoms. The van der Waals surface area contributed by atoms with Gasteiger partial charge in [-0.05, 0) is 42.8 Å². The predicted octanol–water partition coefficient (Wildman–Crippen LogP) is 4.92. The Labute approximate surface area is 152 Å². The fraction of sp³-hybridized carbons (Fsp3) is 0.0476. The Kier molecular flexibility index (Phi) is 5.13. The van der Waals surface area contributed by atoms with Crippen LogP contribution >= 0.6 is 11.8 Å². The average Bonchev–Trinajstić information content (AvgIpc) is 2.68. The largest absolute Gasteiger partial charge is 0.274 e. The lowest BCUT2D eigenvalue weighted by Gasteiger charge is -2.18. The van der Waals surface area contributed by atoms with E-state index in [0.29, 0.717) is 11.3 Å². The molecule has 0 unspecified atom stereocenters. The van der Waals surface area contributed by atoms with Crippen LogP contribution in [0.3, 0.4) is 0 Å². The maximum Gasteiger partial charge on any atom is 0.274 e. The number of amides is 1. The van der Waals surface area contributed by atoms with Crippen LogP contribution in [0, 0.1) is 11.8 Å². The van der Waals surface area contributed by atoms with Crippen LogP contribution in [0.4, 0.5) is 5.69 Å². The van der Waals surface area contributed by atoms with Gasteiger partial charge < -0.3 is 0 Å². The van der Waals surface area contributed by atoms with Crippen LogP contribution in [0.1, 0.15) is 22.8 Å². The van der Waals surface area contributed by atoms with Crippen molar-refractivity contribution >= 4 is 23.4 Å². The monoisotopic (exact) mass is 346 g/mol. The van der Waals surface area contributed by atoms with E-state index in [9.17, 15) is 4.79 Å². The second-order valence-electron chi connectivity index (χ2n) is 5.30. The number of halogens is 1. The van der Waals surface area contributed by atoms with Crippen LogP contribution in [0.2, 0.25) is 0 Å². The standard InChI is InChI=1S/C21H15ClN2O/c1-2-6-16-10-12-17(13-11-16)19-8-3-4-9-20(19)24(22)21(25)18-7-5-14-23-15-18/h3-5,7-15H,1H3. The zero-order chi connectivity index (χ0) is 17.6. The summed E-state index contributed by atoms with van der Waals surface area (Å²) >= 11 is 6.36. The molecule has 2 aromatic carbocycles. The zero-order valence-corrected chi connectivity index (χ0v) is 14.4. The van der Waals surface area contributed by atoms with E-state index < -0.39 is 0 Å². The predicted molar refractivity (Wildman–Crippen MR) is 101 cm³/mol. The summed E-state index contributed by atoms with van der Waals surface area (Å²) in [5, 5.41) is 0. The van der Waals surface area contributed by atoms with Gasteiger partial charge in [0.25, 0.3) is 5.91 Å². The first-order valence-corrected chi connectivity index (χ1v) is 8.07. The number of pyridine rings is 1. The van der Waals surface area contributed by atoms with Gasteiger partial charge in [0.2, 0.25) is 0 Å². The molecule has 122 valence electrons. The van der Waals surface area contributed by atoms with E-state index in [-0.39, 0.29) is 5.91 Å². The van der Waals surface area contributed by atoms with Gasteiger partial charge in [-0.1, -0.05) is 36.3 Å². The Morgan fingerprint density at radius 2 is 1.80 bits per heavy atom. The van der Waals surface area contributed by atoms with Crippen molar-refractivity contribution in [1.29, 1.82) is 0 Å². The van der Waals surface area contributed by atoms with Crippen LogP contribution in [0.25, 0.3) is 11.1 Å². The van der Waals surface area contributed by atoms with Crippen molar-refractivity contribution in [2.75, 3.05) is 4.42 Å². The first kappa shape index (κ1) is 16.8. The van der Waals surface area contributed by atoms with Crippen molar-refractivity contribution in [2.45, 2.75) is 6.92 Å². The topological polar surface area (TPSA) is 33.2 Å². The van der Waals surface area contributed by atoms with Gasteiger partial charge in [0.15, 0.2) is 0 Å². The third kappa shape index (κ3) is 3.71. The second-order valence-corrected chi connectivity index (χ2v) is 5.64. The van der Waals surface area contributed by atoms with E-state index in [4.69, 9.17) is 11.8 Å². The van der Waals surface area contributed by atoms with Crippen molar-refractivity contribution in [3.8, 4) is 23.0 Å². The van der Waals surface area contributed by atoms with E-state index in [1.165, 1.54) is 6.20 Å². The number of carbonyl (C=O) groups is 1. The Balaban J connectivity index is 1.98. The Bertz CT molecular complexity index is 941. The van der Waals surface area contributed by atoms with Crippen molar-refractivity contribution in [2.24, 2.45) is 0 Å². The van der Waals surface area contributed by atoms with Crippen molar-refractivity contribution in [3.63, 3.8) is 0 Å². The number of anilines is 1. The molecule has 0 aliphatic rings. The summed E-state index contributed by atoms with van der Waals surface area (Å²) in [5.41, 5.74) is 3.82. The lowest BCUT2D eigenvalue weighted by molar-refractivity contribution is 0.101. The fourth-order valence-corrected chi connectivity index (χ4v) is 2.72. The molecular weight excluding hydrogens is 332 g/mol. The lowest BCUT2D eigenvalue weighted by Crippen LogP contribution is -2.21. The van der Waals surface area contributed by atoms with Gasteiger partial charge in [-0.25, -0.2) is 4.42 Å². The summed E-state index contributed by atoms with van der Waals surface area (Å²) in [5.74, 6) is 5.57. The minimum atomic E-state index is -0.323. The summed E-state index contributed by atoms with van der Waals surface area (Å²) in [4.78, 5) is 16.6. The molecule has 0 saturated heterocycles. The third-order valence-corrected chi connectivity index (χ3v) is 4.00. The third-order valence-electron chi connectivity index (χ3n) is 3.67. The second kappa shape index (κ2) is 7.65. The molecule has 3 aromatic rings. The SMILES string of the molecule is CC#Cc1ccc(-c2ccccc2N(Cl)C(=O)c2cccnc2)cc1. The molecule has 0 N–H and O–H groups in total. The molecule has 1 amide bonds. The zero-order valence-electron chi connectivity index (χ0n) is 13.6. The number of nitrogens with zero attached hydrogens (tertiary/aromatic N) is 2. The highest BCUT2D eigenvalue weighted by molar-refractivity contribution is 6.40. The molecule has 0 bridgehead atoms. The van der Waals surface area contributed by atoms with Crippen LogP contribution in [-0.4, -0.2) is 10.9 Å². The summed E-state index contributed by atoms with van der Waals surface area (Å²) in [6.45, 7) is 1.80. The fourth-order valence-electron chi connectivity index (χ4n) is 2.48. The van der Waals surface area contributed by atoms with Gasteiger partial charge in [-0.2, -0.15) is 0 Å². The number of hydrogen-bond donors (Lipinski definition) is 0. The first-order chi connectivity index (χ1) is 12.2. The molecule has 3 rings (SSSR count). The van der Waals surface area contributed by atoms with Crippen molar-refractivity contribution < 1.29 is 4.79 Å². The molecule has 0 atom stereocenters. The van der Waals surface area contributed by atoms with Gasteiger partial charge in [-0.15, -0.1) is 5.92 Å². The van der Waals surface area contributed by atoms with Crippen LogP contribution in [-0.2, 0) is 0 Å². The average molecular weight is 347 g/mol. The van der Waals surface area contributed by atoms with Crippen molar-refractivity contribution in [1.82, 2.24) is 4.98 Å². The molecular formula is C21H15ClN2O. The molecule has 0 aliphatic heterocycles. The normalized spacial score (nSPS) is 9.84. The summed E-state index contributed by atoms with van der Waals surface area (Å²) in [7, 11) is 0. The number of aromatic nitrogens is 1. The minimum absolute atomic E-state index is 0.323. The molecule has 0 saturated carbocycles. The number of rotatable bonds is 3. The quantitative estimate of drug-likeness (QED) is 0.498. The highest BCUT2D eigenvalue weighted by atomic mass is 35.5. The first-order valence-electron chi connectivity index (χ1n) is 7.73. The highest BCUT2D eigenvalue weighted by Crippen LogP contribution is 2.32. The number of hydrogen-bond acceptors (Lipinski definition) is 2. The van der Waals surface area contributed by atoms with Crippen LogP contribution in [0.5, 0.6) is 0 Å². The van der Waals surface area contributed by atoms with Crippen LogP contribution in [0.15, 0.2) is 73.1 Å². The van der Waals surface area contributed by atoms with E-state index >= 15 is 0 Å². The molecule has 0 fully saturated rings. The molecule has 3 nitrogen and oxygen atoms in total. The molecule has 0 radical (unpaired) electrons.